The van der Waals surface area contributed by atoms with Crippen molar-refractivity contribution in [1.82, 2.24) is 15.5 Å². The number of amides is 5. The number of hydrogen-bond donors (Lipinski definition) is 3. The highest BCUT2D eigenvalue weighted by Gasteiger charge is 2.23. The van der Waals surface area contributed by atoms with Gasteiger partial charge in [0.25, 0.3) is 11.8 Å². The number of rotatable bonds is 9. The number of benzene rings is 1. The topological polar surface area (TPSA) is 125 Å². The van der Waals surface area contributed by atoms with Gasteiger partial charge in [-0.1, -0.05) is 39.3 Å². The van der Waals surface area contributed by atoms with Crippen LogP contribution in [0.25, 0.3) is 0 Å². The maximum Gasteiger partial charge on any atom is 0.253 e. The minimum Gasteiger partial charge on any atom is -0.347 e. The molecule has 1 aliphatic heterocycles. The molecule has 32 heavy (non-hydrogen) atoms. The lowest BCUT2D eigenvalue weighted by Gasteiger charge is -2.15. The quantitative estimate of drug-likeness (QED) is 0.498. The summed E-state index contributed by atoms with van der Waals surface area (Å²) in [7, 11) is 0. The number of hydrogen-bond acceptors (Lipinski definition) is 5. The molecule has 0 aromatic heterocycles. The largest absolute Gasteiger partial charge is 0.347 e. The number of anilines is 1. The van der Waals surface area contributed by atoms with Crippen LogP contribution in [0.1, 0.15) is 46.1 Å². The average Bonchev–Trinajstić information content (AvgIpc) is 3.09. The molecule has 1 unspecified atom stereocenters. The van der Waals surface area contributed by atoms with Crippen LogP contribution in [0.4, 0.5) is 5.69 Å². The van der Waals surface area contributed by atoms with Crippen LogP contribution in [0.3, 0.4) is 0 Å². The maximum absolute atomic E-state index is 12.2. The lowest BCUT2D eigenvalue weighted by atomic mass is 10.1. The number of imide groups is 1. The molecule has 0 radical (unpaired) electrons. The molecule has 3 N–H and O–H groups in total. The summed E-state index contributed by atoms with van der Waals surface area (Å²) in [5, 5.41) is 7.59. The van der Waals surface area contributed by atoms with Crippen molar-refractivity contribution in [3.05, 3.63) is 42.0 Å². The standard InChI is InChI=1S/C20H24N4O5.C3H8/c1-3-14-4-6-15(7-5-14)23-20(29)13(2)22-17(26)12-21-16(25)10-11-24-18(27)8-9-19(24)28;1-3-2/h4-9,13H,3,10-12H2,1-2H3,(H,21,25)(H,22,26)(H,23,29);3H2,1-2H3. The summed E-state index contributed by atoms with van der Waals surface area (Å²) in [5.74, 6) is -2.33. The van der Waals surface area contributed by atoms with Gasteiger partial charge in [-0.05, 0) is 31.0 Å². The Morgan fingerprint density at radius 2 is 1.50 bits per heavy atom. The summed E-state index contributed by atoms with van der Waals surface area (Å²) in [6.45, 7) is 7.44. The highest BCUT2D eigenvalue weighted by atomic mass is 16.2. The molecular weight excluding hydrogens is 412 g/mol. The first-order valence-corrected chi connectivity index (χ1v) is 10.7. The molecule has 0 saturated heterocycles. The van der Waals surface area contributed by atoms with Gasteiger partial charge in [-0.3, -0.25) is 28.9 Å². The summed E-state index contributed by atoms with van der Waals surface area (Å²) >= 11 is 0. The second-order valence-corrected chi connectivity index (χ2v) is 7.22. The number of aryl methyl sites for hydroxylation is 1. The fourth-order valence-electron chi connectivity index (χ4n) is 2.56. The highest BCUT2D eigenvalue weighted by Crippen LogP contribution is 2.10. The van der Waals surface area contributed by atoms with Crippen LogP contribution in [0.2, 0.25) is 0 Å². The normalized spacial score (nSPS) is 13.2. The molecule has 2 rings (SSSR count). The Morgan fingerprint density at radius 3 is 2.03 bits per heavy atom. The van der Waals surface area contributed by atoms with Crippen LogP contribution in [0.5, 0.6) is 0 Å². The van der Waals surface area contributed by atoms with Gasteiger partial charge in [0.15, 0.2) is 0 Å². The van der Waals surface area contributed by atoms with E-state index in [1.165, 1.54) is 13.3 Å². The summed E-state index contributed by atoms with van der Waals surface area (Å²) in [4.78, 5) is 59.6. The second kappa shape index (κ2) is 13.7. The molecule has 0 bridgehead atoms. The average molecular weight is 445 g/mol. The van der Waals surface area contributed by atoms with Crippen LogP contribution in [0.15, 0.2) is 36.4 Å². The molecule has 0 saturated carbocycles. The fourth-order valence-corrected chi connectivity index (χ4v) is 2.56. The Morgan fingerprint density at radius 1 is 0.938 bits per heavy atom. The minimum atomic E-state index is -0.795. The molecule has 5 amide bonds. The minimum absolute atomic E-state index is 0.0618. The van der Waals surface area contributed by atoms with E-state index in [0.29, 0.717) is 5.69 Å². The van der Waals surface area contributed by atoms with Crippen molar-refractivity contribution < 1.29 is 24.0 Å². The Balaban J connectivity index is 0.00000161. The van der Waals surface area contributed by atoms with E-state index in [0.717, 1.165) is 29.0 Å². The van der Waals surface area contributed by atoms with Gasteiger partial charge in [0.05, 0.1) is 6.54 Å². The van der Waals surface area contributed by atoms with E-state index >= 15 is 0 Å². The summed E-state index contributed by atoms with van der Waals surface area (Å²) in [6.07, 6.45) is 4.31. The summed E-state index contributed by atoms with van der Waals surface area (Å²) < 4.78 is 0. The lowest BCUT2D eigenvalue weighted by Crippen LogP contribution is -2.46. The fraction of sp³-hybridized carbons (Fsp3) is 0.435. The van der Waals surface area contributed by atoms with Crippen LogP contribution in [-0.2, 0) is 30.4 Å². The smallest absolute Gasteiger partial charge is 0.253 e. The van der Waals surface area contributed by atoms with Gasteiger partial charge in [-0.25, -0.2) is 0 Å². The van der Waals surface area contributed by atoms with E-state index in [1.807, 2.05) is 19.1 Å². The van der Waals surface area contributed by atoms with Crippen molar-refractivity contribution in [1.29, 1.82) is 0 Å². The Bertz CT molecular complexity index is 830. The Labute approximate surface area is 188 Å². The van der Waals surface area contributed by atoms with Crippen molar-refractivity contribution in [2.45, 2.75) is 53.0 Å². The van der Waals surface area contributed by atoms with Gasteiger partial charge in [-0.2, -0.15) is 0 Å². The van der Waals surface area contributed by atoms with Gasteiger partial charge in [0, 0.05) is 30.8 Å². The van der Waals surface area contributed by atoms with Crippen molar-refractivity contribution >= 4 is 35.2 Å². The zero-order chi connectivity index (χ0) is 24.1. The van der Waals surface area contributed by atoms with Gasteiger partial charge < -0.3 is 16.0 Å². The molecule has 0 aliphatic carbocycles. The molecule has 9 heteroatoms. The van der Waals surface area contributed by atoms with Gasteiger partial charge >= 0.3 is 0 Å². The third kappa shape index (κ3) is 9.11. The first kappa shape index (κ1) is 26.5. The van der Waals surface area contributed by atoms with Gasteiger partial charge in [0.1, 0.15) is 6.04 Å². The lowest BCUT2D eigenvalue weighted by molar-refractivity contribution is -0.137. The molecule has 1 atom stereocenters. The number of nitrogens with zero attached hydrogens (tertiary/aromatic N) is 1. The van der Waals surface area contributed by atoms with E-state index in [1.54, 1.807) is 12.1 Å². The van der Waals surface area contributed by atoms with Crippen LogP contribution < -0.4 is 16.0 Å². The third-order valence-corrected chi connectivity index (χ3v) is 4.31. The van der Waals surface area contributed by atoms with E-state index in [4.69, 9.17) is 0 Å². The molecule has 0 spiro atoms. The molecule has 1 aliphatic rings. The molecule has 1 aromatic carbocycles. The SMILES string of the molecule is CCC.CCc1ccc(NC(=O)C(C)NC(=O)CNC(=O)CCN2C(=O)C=CC2=O)cc1. The van der Waals surface area contributed by atoms with Crippen LogP contribution in [-0.4, -0.2) is 53.6 Å². The zero-order valence-electron chi connectivity index (χ0n) is 19.1. The number of carbonyl (C=O) groups excluding carboxylic acids is 5. The highest BCUT2D eigenvalue weighted by molar-refractivity contribution is 6.13. The van der Waals surface area contributed by atoms with Gasteiger partial charge in [0.2, 0.25) is 17.7 Å². The first-order chi connectivity index (χ1) is 15.2. The van der Waals surface area contributed by atoms with Gasteiger partial charge in [-0.15, -0.1) is 0 Å². The van der Waals surface area contributed by atoms with Crippen molar-refractivity contribution in [2.75, 3.05) is 18.4 Å². The van der Waals surface area contributed by atoms with Crippen molar-refractivity contribution in [2.24, 2.45) is 0 Å². The molecule has 1 aromatic rings. The Hall–Kier alpha value is -3.49. The number of carbonyl (C=O) groups is 5. The zero-order valence-corrected chi connectivity index (χ0v) is 19.1. The van der Waals surface area contributed by atoms with Crippen LogP contribution >= 0.6 is 0 Å². The molecule has 0 fully saturated rings. The summed E-state index contributed by atoms with van der Waals surface area (Å²) in [5.41, 5.74) is 1.77. The van der Waals surface area contributed by atoms with E-state index in [2.05, 4.69) is 29.8 Å². The monoisotopic (exact) mass is 444 g/mol. The second-order valence-electron chi connectivity index (χ2n) is 7.22. The van der Waals surface area contributed by atoms with Crippen molar-refractivity contribution in [3.8, 4) is 0 Å². The van der Waals surface area contributed by atoms with Crippen molar-refractivity contribution in [3.63, 3.8) is 0 Å². The molecular formula is C23H32N4O5. The van der Waals surface area contributed by atoms with Crippen LogP contribution in [0, 0.1) is 0 Å². The molecule has 1 heterocycles. The number of nitrogens with one attached hydrogen (secondary N) is 3. The predicted molar refractivity (Wildman–Crippen MR) is 122 cm³/mol. The maximum atomic E-state index is 12.2. The third-order valence-electron chi connectivity index (χ3n) is 4.31. The summed E-state index contributed by atoms with van der Waals surface area (Å²) in [6, 6.07) is 6.60. The predicted octanol–water partition coefficient (Wildman–Crippen LogP) is 1.54. The Kier molecular flexibility index (Phi) is 11.4. The van der Waals surface area contributed by atoms with E-state index < -0.39 is 29.7 Å². The molecule has 9 nitrogen and oxygen atoms in total. The van der Waals surface area contributed by atoms with E-state index in [9.17, 15) is 24.0 Å². The first-order valence-electron chi connectivity index (χ1n) is 10.7. The molecule has 174 valence electrons. The van der Waals surface area contributed by atoms with E-state index in [-0.39, 0.29) is 25.4 Å².